The molecule has 1 aliphatic heterocycles. The quantitative estimate of drug-likeness (QED) is 0.505. The van der Waals surface area contributed by atoms with Crippen molar-refractivity contribution < 1.29 is 14.7 Å². The van der Waals surface area contributed by atoms with Crippen molar-refractivity contribution in [1.82, 2.24) is 5.32 Å². The molecule has 0 saturated carbocycles. The molecular weight excluding hydrogens is 160 g/mol. The van der Waals surface area contributed by atoms with Crippen molar-refractivity contribution in [2.45, 2.75) is 18.9 Å². The molecule has 0 radical (unpaired) electrons. The van der Waals surface area contributed by atoms with Crippen LogP contribution in [-0.4, -0.2) is 29.6 Å². The average molecular weight is 172 g/mol. The van der Waals surface area contributed by atoms with Gasteiger partial charge in [0.1, 0.15) is 6.04 Å². The molecule has 0 aromatic heterocycles. The van der Waals surface area contributed by atoms with Crippen molar-refractivity contribution >= 4 is 11.9 Å². The maximum absolute atomic E-state index is 11.0. The van der Waals surface area contributed by atoms with Gasteiger partial charge in [-0.1, -0.05) is 0 Å². The van der Waals surface area contributed by atoms with Gasteiger partial charge >= 0.3 is 5.97 Å². The number of carbonyl (C=O) groups is 2. The molecular formula is C7H12N2O3. The van der Waals surface area contributed by atoms with Gasteiger partial charge in [0.15, 0.2) is 0 Å². The van der Waals surface area contributed by atoms with Crippen molar-refractivity contribution in [3.63, 3.8) is 0 Å². The van der Waals surface area contributed by atoms with Gasteiger partial charge in [0, 0.05) is 12.5 Å². The van der Waals surface area contributed by atoms with Crippen LogP contribution < -0.4 is 11.1 Å². The van der Waals surface area contributed by atoms with Crippen molar-refractivity contribution in [3.05, 3.63) is 0 Å². The Labute approximate surface area is 69.9 Å². The van der Waals surface area contributed by atoms with Crippen LogP contribution in [-0.2, 0) is 9.59 Å². The molecule has 5 heteroatoms. The van der Waals surface area contributed by atoms with E-state index < -0.39 is 12.0 Å². The first-order valence-corrected chi connectivity index (χ1v) is 3.87. The highest BCUT2D eigenvalue weighted by Crippen LogP contribution is 2.14. The highest BCUT2D eigenvalue weighted by Gasteiger charge is 2.28. The third-order valence-electron chi connectivity index (χ3n) is 2.02. The molecule has 12 heavy (non-hydrogen) atoms. The van der Waals surface area contributed by atoms with Gasteiger partial charge < -0.3 is 16.2 Å². The molecule has 1 rings (SSSR count). The summed E-state index contributed by atoms with van der Waals surface area (Å²) in [6.45, 7) is 0.635. The number of hydrogen-bond donors (Lipinski definition) is 3. The molecule has 1 fully saturated rings. The predicted octanol–water partition coefficient (Wildman–Crippen LogP) is -1.08. The normalized spacial score (nSPS) is 25.1. The number of carboxylic acids is 1. The predicted molar refractivity (Wildman–Crippen MR) is 41.3 cm³/mol. The van der Waals surface area contributed by atoms with Crippen LogP contribution in [0.4, 0.5) is 0 Å². The molecule has 1 aliphatic rings. The van der Waals surface area contributed by atoms with Crippen molar-refractivity contribution in [2.24, 2.45) is 11.7 Å². The van der Waals surface area contributed by atoms with Crippen LogP contribution in [0.2, 0.25) is 0 Å². The Morgan fingerprint density at radius 2 is 2.50 bits per heavy atom. The number of carboxylic acid groups (broad SMARTS) is 1. The summed E-state index contributed by atoms with van der Waals surface area (Å²) in [4.78, 5) is 21.3. The lowest BCUT2D eigenvalue weighted by molar-refractivity contribution is -0.139. The van der Waals surface area contributed by atoms with Crippen LogP contribution in [0, 0.1) is 5.92 Å². The van der Waals surface area contributed by atoms with E-state index in [9.17, 15) is 9.59 Å². The Kier molecular flexibility index (Phi) is 2.65. The number of hydrogen-bond acceptors (Lipinski definition) is 3. The summed E-state index contributed by atoms with van der Waals surface area (Å²) in [6.07, 6.45) is 0.932. The fourth-order valence-electron chi connectivity index (χ4n) is 1.28. The standard InChI is InChI=1S/C7H12N2O3/c8-5(7(11)12)3-4-1-2-9-6(4)10/h4-5H,1-3,8H2,(H,9,10)(H,11,12)/t4-,5-/m0/s1. The molecule has 1 heterocycles. The second-order valence-corrected chi connectivity index (χ2v) is 2.96. The van der Waals surface area contributed by atoms with Gasteiger partial charge in [0.2, 0.25) is 5.91 Å². The van der Waals surface area contributed by atoms with Gasteiger partial charge in [-0.05, 0) is 12.8 Å². The number of nitrogens with two attached hydrogens (primary N) is 1. The minimum atomic E-state index is -1.05. The summed E-state index contributed by atoms with van der Waals surface area (Å²) in [5.41, 5.74) is 5.28. The molecule has 4 N–H and O–H groups in total. The minimum Gasteiger partial charge on any atom is -0.480 e. The molecule has 0 aromatic carbocycles. The van der Waals surface area contributed by atoms with Crippen LogP contribution in [0.15, 0.2) is 0 Å². The van der Waals surface area contributed by atoms with Gasteiger partial charge in [0.05, 0.1) is 0 Å². The van der Waals surface area contributed by atoms with Crippen LogP contribution in [0.1, 0.15) is 12.8 Å². The van der Waals surface area contributed by atoms with Crippen LogP contribution in [0.3, 0.4) is 0 Å². The van der Waals surface area contributed by atoms with Crippen molar-refractivity contribution in [3.8, 4) is 0 Å². The summed E-state index contributed by atoms with van der Waals surface area (Å²) in [7, 11) is 0. The Balaban J connectivity index is 2.40. The molecule has 1 saturated heterocycles. The van der Waals surface area contributed by atoms with E-state index >= 15 is 0 Å². The SMILES string of the molecule is N[C@@H](C[C@@H]1CCNC1=O)C(=O)O. The first-order chi connectivity index (χ1) is 5.61. The zero-order valence-electron chi connectivity index (χ0n) is 6.62. The van der Waals surface area contributed by atoms with E-state index in [1.165, 1.54) is 0 Å². The van der Waals surface area contributed by atoms with Gasteiger partial charge in [0.25, 0.3) is 0 Å². The fraction of sp³-hybridized carbons (Fsp3) is 0.714. The van der Waals surface area contributed by atoms with Crippen molar-refractivity contribution in [2.75, 3.05) is 6.54 Å². The monoisotopic (exact) mass is 172 g/mol. The molecule has 2 atom stereocenters. The molecule has 0 spiro atoms. The lowest BCUT2D eigenvalue weighted by Gasteiger charge is -2.09. The highest BCUT2D eigenvalue weighted by atomic mass is 16.4. The van der Waals surface area contributed by atoms with E-state index in [2.05, 4.69) is 5.32 Å². The Morgan fingerprint density at radius 3 is 2.92 bits per heavy atom. The zero-order chi connectivity index (χ0) is 9.14. The van der Waals surface area contributed by atoms with Gasteiger partial charge in [-0.15, -0.1) is 0 Å². The van der Waals surface area contributed by atoms with Crippen molar-refractivity contribution in [1.29, 1.82) is 0 Å². The third-order valence-corrected chi connectivity index (χ3v) is 2.02. The van der Waals surface area contributed by atoms with E-state index in [0.717, 1.165) is 0 Å². The van der Waals surface area contributed by atoms with Gasteiger partial charge in [-0.2, -0.15) is 0 Å². The summed E-state index contributed by atoms with van der Waals surface area (Å²) >= 11 is 0. The Bertz CT molecular complexity index is 205. The van der Waals surface area contributed by atoms with E-state index in [1.807, 2.05) is 0 Å². The number of carbonyl (C=O) groups excluding carboxylic acids is 1. The topological polar surface area (TPSA) is 92.4 Å². The second-order valence-electron chi connectivity index (χ2n) is 2.96. The number of rotatable bonds is 3. The fourth-order valence-corrected chi connectivity index (χ4v) is 1.28. The van der Waals surface area contributed by atoms with E-state index in [1.54, 1.807) is 0 Å². The highest BCUT2D eigenvalue weighted by molar-refractivity contribution is 5.82. The lowest BCUT2D eigenvalue weighted by Crippen LogP contribution is -2.34. The number of amides is 1. The average Bonchev–Trinajstić information content (AvgIpc) is 2.36. The summed E-state index contributed by atoms with van der Waals surface area (Å²) in [5.74, 6) is -1.34. The first kappa shape index (κ1) is 8.99. The van der Waals surface area contributed by atoms with E-state index in [-0.39, 0.29) is 18.2 Å². The van der Waals surface area contributed by atoms with Crippen LogP contribution in [0.5, 0.6) is 0 Å². The molecule has 68 valence electrons. The minimum absolute atomic E-state index is 0.0771. The van der Waals surface area contributed by atoms with Gasteiger partial charge in [-0.25, -0.2) is 0 Å². The smallest absolute Gasteiger partial charge is 0.320 e. The lowest BCUT2D eigenvalue weighted by atomic mass is 9.99. The van der Waals surface area contributed by atoms with E-state index in [0.29, 0.717) is 13.0 Å². The maximum Gasteiger partial charge on any atom is 0.320 e. The molecule has 0 aromatic rings. The van der Waals surface area contributed by atoms with Crippen LogP contribution >= 0.6 is 0 Å². The summed E-state index contributed by atoms with van der Waals surface area (Å²) in [6, 6.07) is -0.918. The first-order valence-electron chi connectivity index (χ1n) is 3.87. The molecule has 0 unspecified atom stereocenters. The number of nitrogens with one attached hydrogen (secondary N) is 1. The van der Waals surface area contributed by atoms with Gasteiger partial charge in [-0.3, -0.25) is 9.59 Å². The summed E-state index contributed by atoms with van der Waals surface area (Å²) in [5, 5.41) is 11.1. The second kappa shape index (κ2) is 3.53. The maximum atomic E-state index is 11.0. The molecule has 5 nitrogen and oxygen atoms in total. The van der Waals surface area contributed by atoms with Crippen LogP contribution in [0.25, 0.3) is 0 Å². The molecule has 0 bridgehead atoms. The Morgan fingerprint density at radius 1 is 1.83 bits per heavy atom. The van der Waals surface area contributed by atoms with E-state index in [4.69, 9.17) is 10.8 Å². The molecule has 1 amide bonds. The zero-order valence-corrected chi connectivity index (χ0v) is 6.62. The Hall–Kier alpha value is -1.10. The summed E-state index contributed by atoms with van der Waals surface area (Å²) < 4.78 is 0. The third kappa shape index (κ3) is 1.94. The molecule has 0 aliphatic carbocycles. The number of aliphatic carboxylic acids is 1. The largest absolute Gasteiger partial charge is 0.480 e.